The quantitative estimate of drug-likeness (QED) is 0.785. The van der Waals surface area contributed by atoms with Gasteiger partial charge in [-0.25, -0.2) is 0 Å². The number of aliphatic hydroxyl groups is 1. The van der Waals surface area contributed by atoms with Crippen molar-refractivity contribution < 1.29 is 14.7 Å². The minimum absolute atomic E-state index is 0.157. The first kappa shape index (κ1) is 18.5. The number of amides is 2. The number of anilines is 1. The SMILES string of the molecule is Cc1cc(C)cc(N2CCC(C(=O)NCC(O)CC(C)C)C2=O)c1. The molecular weight excluding hydrogens is 304 g/mol. The molecule has 2 amide bonds. The molecule has 0 radical (unpaired) electrons. The lowest BCUT2D eigenvalue weighted by atomic mass is 10.0. The predicted octanol–water partition coefficient (Wildman–Crippen LogP) is 2.18. The van der Waals surface area contributed by atoms with Crippen molar-refractivity contribution in [2.24, 2.45) is 11.8 Å². The average molecular weight is 332 g/mol. The zero-order chi connectivity index (χ0) is 17.9. The number of benzene rings is 1. The summed E-state index contributed by atoms with van der Waals surface area (Å²) in [5.41, 5.74) is 3.05. The second-order valence-corrected chi connectivity index (χ2v) is 7.21. The molecule has 1 aromatic carbocycles. The molecule has 0 aromatic heterocycles. The van der Waals surface area contributed by atoms with Crippen LogP contribution in [0, 0.1) is 25.7 Å². The molecule has 2 atom stereocenters. The van der Waals surface area contributed by atoms with E-state index in [0.717, 1.165) is 16.8 Å². The highest BCUT2D eigenvalue weighted by molar-refractivity contribution is 6.09. The number of carbonyl (C=O) groups excluding carboxylic acids is 2. The van der Waals surface area contributed by atoms with Crippen molar-refractivity contribution in [3.63, 3.8) is 0 Å². The van der Waals surface area contributed by atoms with Crippen LogP contribution in [-0.4, -0.2) is 36.1 Å². The molecule has 2 rings (SSSR count). The number of aliphatic hydroxyl groups excluding tert-OH is 1. The van der Waals surface area contributed by atoms with Gasteiger partial charge in [-0.3, -0.25) is 9.59 Å². The third kappa shape index (κ3) is 4.57. The van der Waals surface area contributed by atoms with Gasteiger partial charge in [-0.1, -0.05) is 19.9 Å². The fourth-order valence-electron chi connectivity index (χ4n) is 3.26. The van der Waals surface area contributed by atoms with Gasteiger partial charge in [-0.2, -0.15) is 0 Å². The average Bonchev–Trinajstić information content (AvgIpc) is 2.85. The molecule has 1 saturated heterocycles. The molecule has 2 N–H and O–H groups in total. The van der Waals surface area contributed by atoms with Crippen LogP contribution >= 0.6 is 0 Å². The molecule has 1 fully saturated rings. The molecule has 5 nitrogen and oxygen atoms in total. The van der Waals surface area contributed by atoms with Crippen LogP contribution < -0.4 is 10.2 Å². The Morgan fingerprint density at radius 2 is 1.92 bits per heavy atom. The lowest BCUT2D eigenvalue weighted by Gasteiger charge is -2.19. The Balaban J connectivity index is 1.96. The lowest BCUT2D eigenvalue weighted by Crippen LogP contribution is -2.40. The van der Waals surface area contributed by atoms with Gasteiger partial charge in [0.05, 0.1) is 6.10 Å². The fourth-order valence-corrected chi connectivity index (χ4v) is 3.26. The Morgan fingerprint density at radius 3 is 2.50 bits per heavy atom. The van der Waals surface area contributed by atoms with E-state index in [1.807, 2.05) is 39.8 Å². The number of aryl methyl sites for hydroxylation is 2. The van der Waals surface area contributed by atoms with Gasteiger partial charge in [-0.15, -0.1) is 0 Å². The fraction of sp³-hybridized carbons (Fsp3) is 0.579. The molecule has 1 aromatic rings. The molecule has 1 heterocycles. The van der Waals surface area contributed by atoms with Crippen molar-refractivity contribution in [3.05, 3.63) is 29.3 Å². The standard InChI is InChI=1S/C19H28N2O3/c1-12(2)7-16(22)11-20-18(23)17-5-6-21(19(17)24)15-9-13(3)8-14(4)10-15/h8-10,12,16-17,22H,5-7,11H2,1-4H3,(H,20,23). The van der Waals surface area contributed by atoms with Gasteiger partial charge in [0.1, 0.15) is 5.92 Å². The minimum atomic E-state index is -0.655. The largest absolute Gasteiger partial charge is 0.391 e. The second-order valence-electron chi connectivity index (χ2n) is 7.21. The summed E-state index contributed by atoms with van der Waals surface area (Å²) >= 11 is 0. The molecule has 132 valence electrons. The summed E-state index contributed by atoms with van der Waals surface area (Å²) in [7, 11) is 0. The molecular formula is C19H28N2O3. The third-order valence-electron chi connectivity index (χ3n) is 4.30. The van der Waals surface area contributed by atoms with Crippen LogP contribution in [0.25, 0.3) is 0 Å². The topological polar surface area (TPSA) is 69.6 Å². The van der Waals surface area contributed by atoms with Gasteiger partial charge >= 0.3 is 0 Å². The molecule has 0 saturated carbocycles. The Labute approximate surface area is 144 Å². The van der Waals surface area contributed by atoms with Crippen LogP contribution in [0.5, 0.6) is 0 Å². The first-order chi connectivity index (χ1) is 11.3. The molecule has 5 heteroatoms. The number of rotatable bonds is 6. The van der Waals surface area contributed by atoms with Crippen molar-refractivity contribution in [2.45, 2.75) is 46.6 Å². The normalized spacial score (nSPS) is 19.0. The van der Waals surface area contributed by atoms with Crippen molar-refractivity contribution in [3.8, 4) is 0 Å². The van der Waals surface area contributed by atoms with Crippen LogP contribution in [-0.2, 0) is 9.59 Å². The highest BCUT2D eigenvalue weighted by Crippen LogP contribution is 2.27. The molecule has 2 unspecified atom stereocenters. The molecule has 0 bridgehead atoms. The third-order valence-corrected chi connectivity index (χ3v) is 4.30. The van der Waals surface area contributed by atoms with Crippen LogP contribution in [0.15, 0.2) is 18.2 Å². The molecule has 24 heavy (non-hydrogen) atoms. The minimum Gasteiger partial charge on any atom is -0.391 e. The number of nitrogens with one attached hydrogen (secondary N) is 1. The smallest absolute Gasteiger partial charge is 0.239 e. The Hall–Kier alpha value is -1.88. The van der Waals surface area contributed by atoms with Crippen LogP contribution in [0.4, 0.5) is 5.69 Å². The highest BCUT2D eigenvalue weighted by atomic mass is 16.3. The summed E-state index contributed by atoms with van der Waals surface area (Å²) < 4.78 is 0. The Morgan fingerprint density at radius 1 is 1.29 bits per heavy atom. The van der Waals surface area contributed by atoms with Crippen LogP contribution in [0.3, 0.4) is 0 Å². The zero-order valence-electron chi connectivity index (χ0n) is 15.0. The van der Waals surface area contributed by atoms with E-state index in [9.17, 15) is 14.7 Å². The van der Waals surface area contributed by atoms with E-state index in [0.29, 0.717) is 25.3 Å². The maximum absolute atomic E-state index is 12.6. The number of nitrogens with zero attached hydrogens (tertiary/aromatic N) is 1. The van der Waals surface area contributed by atoms with E-state index >= 15 is 0 Å². The number of carbonyl (C=O) groups is 2. The highest BCUT2D eigenvalue weighted by Gasteiger charge is 2.37. The maximum Gasteiger partial charge on any atom is 0.239 e. The van der Waals surface area contributed by atoms with E-state index in [2.05, 4.69) is 11.4 Å². The summed E-state index contributed by atoms with van der Waals surface area (Å²) in [4.78, 5) is 26.6. The summed E-state index contributed by atoms with van der Waals surface area (Å²) in [5.74, 6) is -0.729. The number of hydrogen-bond donors (Lipinski definition) is 2. The van der Waals surface area contributed by atoms with Crippen molar-refractivity contribution in [2.75, 3.05) is 18.0 Å². The van der Waals surface area contributed by atoms with Gasteiger partial charge in [-0.05, 0) is 55.9 Å². The zero-order valence-corrected chi connectivity index (χ0v) is 15.0. The summed E-state index contributed by atoms with van der Waals surface area (Å²) in [6, 6.07) is 6.00. The number of hydrogen-bond acceptors (Lipinski definition) is 3. The lowest BCUT2D eigenvalue weighted by molar-refractivity contribution is -0.132. The van der Waals surface area contributed by atoms with E-state index in [1.54, 1.807) is 4.90 Å². The summed E-state index contributed by atoms with van der Waals surface area (Å²) in [6.07, 6.45) is 0.576. The van der Waals surface area contributed by atoms with E-state index < -0.39 is 12.0 Å². The molecule has 0 aliphatic carbocycles. The van der Waals surface area contributed by atoms with Crippen LogP contribution in [0.1, 0.15) is 37.8 Å². The van der Waals surface area contributed by atoms with Crippen molar-refractivity contribution in [1.82, 2.24) is 5.32 Å². The Bertz CT molecular complexity index is 592. The van der Waals surface area contributed by atoms with Gasteiger partial charge in [0.15, 0.2) is 0 Å². The summed E-state index contributed by atoms with van der Waals surface area (Å²) in [6.45, 7) is 8.79. The molecule has 1 aliphatic heterocycles. The van der Waals surface area contributed by atoms with Crippen molar-refractivity contribution in [1.29, 1.82) is 0 Å². The van der Waals surface area contributed by atoms with Gasteiger partial charge < -0.3 is 15.3 Å². The maximum atomic E-state index is 12.6. The van der Waals surface area contributed by atoms with E-state index in [4.69, 9.17) is 0 Å². The van der Waals surface area contributed by atoms with Gasteiger partial charge in [0.25, 0.3) is 0 Å². The predicted molar refractivity (Wildman–Crippen MR) is 94.8 cm³/mol. The molecule has 0 spiro atoms. The second kappa shape index (κ2) is 7.79. The monoisotopic (exact) mass is 332 g/mol. The first-order valence-electron chi connectivity index (χ1n) is 8.63. The van der Waals surface area contributed by atoms with E-state index in [-0.39, 0.29) is 18.4 Å². The Kier molecular flexibility index (Phi) is 5.99. The first-order valence-corrected chi connectivity index (χ1v) is 8.63. The van der Waals surface area contributed by atoms with Gasteiger partial charge in [0, 0.05) is 18.8 Å². The van der Waals surface area contributed by atoms with Crippen LogP contribution in [0.2, 0.25) is 0 Å². The molecule has 1 aliphatic rings. The summed E-state index contributed by atoms with van der Waals surface area (Å²) in [5, 5.41) is 12.6. The van der Waals surface area contributed by atoms with Gasteiger partial charge in [0.2, 0.25) is 11.8 Å². The van der Waals surface area contributed by atoms with E-state index in [1.165, 1.54) is 0 Å². The van der Waals surface area contributed by atoms with Crippen molar-refractivity contribution >= 4 is 17.5 Å².